The first-order chi connectivity index (χ1) is 17.3. The van der Waals surface area contributed by atoms with Gasteiger partial charge in [-0.05, 0) is 73.2 Å². The Morgan fingerprint density at radius 2 is 1.73 bits per heavy atom. The van der Waals surface area contributed by atoms with E-state index in [1.54, 1.807) is 17.9 Å². The molecule has 1 fully saturated rings. The number of alkyl halides is 6. The van der Waals surface area contributed by atoms with Gasteiger partial charge in [0.25, 0.3) is 0 Å². The molecule has 0 aromatic heterocycles. The molecule has 2 aromatic carbocycles. The van der Waals surface area contributed by atoms with Crippen molar-refractivity contribution in [2.45, 2.75) is 56.4 Å². The van der Waals surface area contributed by atoms with Crippen molar-refractivity contribution in [2.24, 2.45) is 5.73 Å². The summed E-state index contributed by atoms with van der Waals surface area (Å²) in [5.74, 6) is -0.0677. The number of urea groups is 1. The molecule has 0 radical (unpaired) electrons. The largest absolute Gasteiger partial charge is 0.416 e. The van der Waals surface area contributed by atoms with Crippen molar-refractivity contribution < 1.29 is 35.5 Å². The van der Waals surface area contributed by atoms with Gasteiger partial charge in [0.2, 0.25) is 0 Å². The van der Waals surface area contributed by atoms with Gasteiger partial charge in [0.1, 0.15) is 5.82 Å². The van der Waals surface area contributed by atoms with Crippen LogP contribution in [-0.2, 0) is 18.8 Å². The molecule has 1 saturated heterocycles. The standard InChI is InChI=1S/C25H28F7N3OS/c1-15-10-19(26)5-6-20(15)21-4-2-3-8-35(21)23(36)34-22(37-9-7-33)13-16-11-17(24(27,28)29)14-18(12-16)25(30,31)32/h5-6,10-12,14,21-22H,2-4,7-9,13,33H2,1H3,(H,34,36). The first-order valence-electron chi connectivity index (χ1n) is 11.7. The molecule has 0 aliphatic carbocycles. The van der Waals surface area contributed by atoms with Crippen LogP contribution < -0.4 is 11.1 Å². The number of rotatable bonds is 7. The maximum atomic E-state index is 13.6. The smallest absolute Gasteiger partial charge is 0.330 e. The monoisotopic (exact) mass is 551 g/mol. The summed E-state index contributed by atoms with van der Waals surface area (Å²) in [6.07, 6.45) is -7.98. The van der Waals surface area contributed by atoms with Gasteiger partial charge in [-0.2, -0.15) is 26.3 Å². The lowest BCUT2D eigenvalue weighted by atomic mass is 9.92. The maximum absolute atomic E-state index is 13.6. The molecule has 3 rings (SSSR count). The molecule has 1 aliphatic heterocycles. The molecule has 2 amide bonds. The van der Waals surface area contributed by atoms with Crippen LogP contribution in [0.2, 0.25) is 0 Å². The number of piperidine rings is 1. The molecule has 2 atom stereocenters. The number of thioether (sulfide) groups is 1. The number of hydrogen-bond donors (Lipinski definition) is 2. The molecule has 0 spiro atoms. The molecule has 12 heteroatoms. The summed E-state index contributed by atoms with van der Waals surface area (Å²) in [6.45, 7) is 2.35. The van der Waals surface area contributed by atoms with Crippen molar-refractivity contribution in [3.63, 3.8) is 0 Å². The summed E-state index contributed by atoms with van der Waals surface area (Å²) in [6, 6.07) is 4.92. The van der Waals surface area contributed by atoms with Crippen LogP contribution in [0.1, 0.15) is 53.1 Å². The second kappa shape index (κ2) is 11.9. The number of nitrogens with zero attached hydrogens (tertiary/aromatic N) is 1. The van der Waals surface area contributed by atoms with E-state index in [4.69, 9.17) is 5.73 Å². The minimum absolute atomic E-state index is 0.0769. The van der Waals surface area contributed by atoms with E-state index in [-0.39, 0.29) is 30.6 Å². The average Bonchev–Trinajstić information content (AvgIpc) is 2.81. The van der Waals surface area contributed by atoms with Gasteiger partial charge in [-0.25, -0.2) is 9.18 Å². The Balaban J connectivity index is 1.86. The van der Waals surface area contributed by atoms with E-state index in [1.807, 2.05) is 0 Å². The van der Waals surface area contributed by atoms with Crippen molar-refractivity contribution in [3.05, 3.63) is 70.0 Å². The molecule has 37 heavy (non-hydrogen) atoms. The maximum Gasteiger partial charge on any atom is 0.416 e. The number of carbonyl (C=O) groups excluding carboxylic acids is 1. The van der Waals surface area contributed by atoms with Crippen LogP contribution >= 0.6 is 11.8 Å². The molecular formula is C25H28F7N3OS. The summed E-state index contributed by atoms with van der Waals surface area (Å²) in [5, 5.41) is 1.95. The van der Waals surface area contributed by atoms with Crippen molar-refractivity contribution in [2.75, 3.05) is 18.8 Å². The molecule has 3 N–H and O–H groups in total. The van der Waals surface area contributed by atoms with Crippen LogP contribution in [0.5, 0.6) is 0 Å². The van der Waals surface area contributed by atoms with E-state index >= 15 is 0 Å². The second-order valence-electron chi connectivity index (χ2n) is 8.92. The molecular weight excluding hydrogens is 523 g/mol. The van der Waals surface area contributed by atoms with Gasteiger partial charge in [-0.15, -0.1) is 11.8 Å². The Labute approximate surface area is 214 Å². The third kappa shape index (κ3) is 7.76. The summed E-state index contributed by atoms with van der Waals surface area (Å²) in [5.41, 5.74) is 4.01. The van der Waals surface area contributed by atoms with E-state index in [0.29, 0.717) is 36.4 Å². The van der Waals surface area contributed by atoms with E-state index < -0.39 is 40.7 Å². The number of hydrogen-bond acceptors (Lipinski definition) is 3. The van der Waals surface area contributed by atoms with Gasteiger partial charge in [-0.1, -0.05) is 6.07 Å². The molecule has 1 heterocycles. The number of likely N-dealkylation sites (tertiary alicyclic amines) is 1. The molecule has 204 valence electrons. The number of carbonyl (C=O) groups is 1. The number of benzene rings is 2. The zero-order valence-electron chi connectivity index (χ0n) is 20.1. The van der Waals surface area contributed by atoms with Crippen LogP contribution in [0.3, 0.4) is 0 Å². The average molecular weight is 552 g/mol. The Kier molecular flexibility index (Phi) is 9.38. The van der Waals surface area contributed by atoms with Gasteiger partial charge in [0, 0.05) is 25.3 Å². The van der Waals surface area contributed by atoms with E-state index in [0.717, 1.165) is 30.2 Å². The highest BCUT2D eigenvalue weighted by Crippen LogP contribution is 2.37. The molecule has 0 bridgehead atoms. The zero-order chi connectivity index (χ0) is 27.4. The van der Waals surface area contributed by atoms with Gasteiger partial charge >= 0.3 is 18.4 Å². The van der Waals surface area contributed by atoms with Crippen LogP contribution in [0.15, 0.2) is 36.4 Å². The van der Waals surface area contributed by atoms with Crippen LogP contribution in [0.25, 0.3) is 0 Å². The van der Waals surface area contributed by atoms with E-state index in [2.05, 4.69) is 5.32 Å². The fourth-order valence-electron chi connectivity index (χ4n) is 4.44. The third-order valence-electron chi connectivity index (χ3n) is 6.14. The van der Waals surface area contributed by atoms with Gasteiger partial charge in [-0.3, -0.25) is 0 Å². The molecule has 0 saturated carbocycles. The minimum atomic E-state index is -4.97. The van der Waals surface area contributed by atoms with Crippen LogP contribution in [0, 0.1) is 12.7 Å². The van der Waals surface area contributed by atoms with Crippen molar-refractivity contribution in [1.29, 1.82) is 0 Å². The van der Waals surface area contributed by atoms with E-state index in [9.17, 15) is 35.5 Å². The molecule has 2 unspecified atom stereocenters. The quantitative estimate of drug-likeness (QED) is 0.299. The number of halogens is 7. The first-order valence-corrected chi connectivity index (χ1v) is 12.8. The highest BCUT2D eigenvalue weighted by molar-refractivity contribution is 7.99. The number of nitrogens with one attached hydrogen (secondary N) is 1. The number of amides is 2. The summed E-state index contributed by atoms with van der Waals surface area (Å²) in [4.78, 5) is 14.9. The molecule has 2 aromatic rings. The van der Waals surface area contributed by atoms with Crippen molar-refractivity contribution in [3.8, 4) is 0 Å². The topological polar surface area (TPSA) is 58.4 Å². The lowest BCUT2D eigenvalue weighted by molar-refractivity contribution is -0.143. The minimum Gasteiger partial charge on any atom is -0.330 e. The predicted molar refractivity (Wildman–Crippen MR) is 128 cm³/mol. The van der Waals surface area contributed by atoms with Gasteiger partial charge in [0.05, 0.1) is 22.5 Å². The van der Waals surface area contributed by atoms with E-state index in [1.165, 1.54) is 12.1 Å². The van der Waals surface area contributed by atoms with Crippen LogP contribution in [-0.4, -0.2) is 35.1 Å². The highest BCUT2D eigenvalue weighted by Gasteiger charge is 2.37. The molecule has 4 nitrogen and oxygen atoms in total. The first kappa shape index (κ1) is 29.1. The van der Waals surface area contributed by atoms with Crippen LogP contribution in [0.4, 0.5) is 35.5 Å². The Morgan fingerprint density at radius 1 is 1.08 bits per heavy atom. The third-order valence-corrected chi connectivity index (χ3v) is 7.30. The van der Waals surface area contributed by atoms with Crippen molar-refractivity contribution >= 4 is 17.8 Å². The Bertz CT molecular complexity index is 1060. The fourth-order valence-corrected chi connectivity index (χ4v) is 5.36. The summed E-state index contributed by atoms with van der Waals surface area (Å²) >= 11 is 1.14. The SMILES string of the molecule is Cc1cc(F)ccc1C1CCCCN1C(=O)NC(Cc1cc(C(F)(F)F)cc(C(F)(F)F)c1)SCCN. The Morgan fingerprint density at radius 3 is 2.30 bits per heavy atom. The molecule has 1 aliphatic rings. The van der Waals surface area contributed by atoms with Gasteiger partial charge < -0.3 is 16.0 Å². The van der Waals surface area contributed by atoms with Crippen molar-refractivity contribution in [1.82, 2.24) is 10.2 Å². The zero-order valence-corrected chi connectivity index (χ0v) is 20.9. The number of nitrogens with two attached hydrogens (primary N) is 1. The Hall–Kier alpha value is -2.47. The lowest BCUT2D eigenvalue weighted by Crippen LogP contribution is -2.48. The normalized spacial score (nSPS) is 17.5. The van der Waals surface area contributed by atoms with Gasteiger partial charge in [0.15, 0.2) is 0 Å². The summed E-state index contributed by atoms with van der Waals surface area (Å²) < 4.78 is 93.4. The highest BCUT2D eigenvalue weighted by atomic mass is 32.2. The second-order valence-corrected chi connectivity index (χ2v) is 10.2. The number of aryl methyl sites for hydroxylation is 1. The fraction of sp³-hybridized carbons (Fsp3) is 0.480. The predicted octanol–water partition coefficient (Wildman–Crippen LogP) is 6.67. The lowest BCUT2D eigenvalue weighted by Gasteiger charge is -2.37. The summed E-state index contributed by atoms with van der Waals surface area (Å²) in [7, 11) is 0.